The molecule has 2 aromatic heterocycles. The number of H-pyrrole nitrogens is 1. The molecular formula is C18H22N4O5. The summed E-state index contributed by atoms with van der Waals surface area (Å²) in [6.45, 7) is 0.155. The standard InChI is InChI=1S/C18H22N4O5/c1-27-16-3-2-11(10-19-16)17(12-8-13(23)9-12)20-14(24)4-6-22-7-5-15(25)21-18(22)26/h2-3,5,7,10,12-13,17,23H,4,6,8-9H2,1H3,(H,20,24)(H,21,25,26)/t12?,13?,17-/m0/s1. The van der Waals surface area contributed by atoms with Gasteiger partial charge in [0.05, 0.1) is 19.3 Å². The van der Waals surface area contributed by atoms with Crippen molar-refractivity contribution in [1.82, 2.24) is 19.9 Å². The van der Waals surface area contributed by atoms with Crippen LogP contribution in [0.4, 0.5) is 0 Å². The van der Waals surface area contributed by atoms with Crippen LogP contribution in [0.5, 0.6) is 5.88 Å². The van der Waals surface area contributed by atoms with Crippen molar-refractivity contribution in [2.75, 3.05) is 7.11 Å². The number of hydrogen-bond donors (Lipinski definition) is 3. The number of hydrogen-bond acceptors (Lipinski definition) is 6. The van der Waals surface area contributed by atoms with Crippen LogP contribution in [-0.4, -0.2) is 38.8 Å². The molecule has 0 spiro atoms. The maximum atomic E-state index is 12.4. The fourth-order valence-electron chi connectivity index (χ4n) is 3.16. The Balaban J connectivity index is 1.66. The predicted octanol–water partition coefficient (Wildman–Crippen LogP) is -0.0413. The van der Waals surface area contributed by atoms with E-state index >= 15 is 0 Å². The van der Waals surface area contributed by atoms with Gasteiger partial charge in [-0.05, 0) is 24.3 Å². The Morgan fingerprint density at radius 1 is 1.41 bits per heavy atom. The summed E-state index contributed by atoms with van der Waals surface area (Å²) in [4.78, 5) is 41.5. The highest BCUT2D eigenvalue weighted by Crippen LogP contribution is 2.38. The molecule has 2 aromatic rings. The number of aromatic nitrogens is 3. The number of aliphatic hydroxyl groups excluding tert-OH is 1. The molecule has 1 aliphatic carbocycles. The van der Waals surface area contributed by atoms with Crippen LogP contribution in [0.1, 0.15) is 30.9 Å². The van der Waals surface area contributed by atoms with E-state index in [2.05, 4.69) is 15.3 Å². The molecule has 9 nitrogen and oxygen atoms in total. The van der Waals surface area contributed by atoms with Gasteiger partial charge in [-0.25, -0.2) is 9.78 Å². The summed E-state index contributed by atoms with van der Waals surface area (Å²) in [5, 5.41) is 12.6. The molecule has 0 saturated heterocycles. The summed E-state index contributed by atoms with van der Waals surface area (Å²) < 4.78 is 6.33. The minimum Gasteiger partial charge on any atom is -0.481 e. The number of ether oxygens (including phenoxy) is 1. The fraction of sp³-hybridized carbons (Fsp3) is 0.444. The number of aromatic amines is 1. The molecule has 1 amide bonds. The molecule has 3 N–H and O–H groups in total. The molecule has 27 heavy (non-hydrogen) atoms. The third-order valence-electron chi connectivity index (χ3n) is 4.74. The Hall–Kier alpha value is -2.94. The fourth-order valence-corrected chi connectivity index (χ4v) is 3.16. The van der Waals surface area contributed by atoms with Gasteiger partial charge in [-0.3, -0.25) is 14.6 Å². The van der Waals surface area contributed by atoms with Crippen molar-refractivity contribution in [1.29, 1.82) is 0 Å². The second-order valence-corrected chi connectivity index (χ2v) is 6.62. The molecule has 1 saturated carbocycles. The van der Waals surface area contributed by atoms with Crippen LogP contribution < -0.4 is 21.3 Å². The summed E-state index contributed by atoms with van der Waals surface area (Å²) in [5.74, 6) is 0.375. The number of rotatable bonds is 7. The first-order valence-electron chi connectivity index (χ1n) is 8.73. The van der Waals surface area contributed by atoms with Crippen molar-refractivity contribution in [3.05, 3.63) is 57.0 Å². The molecule has 0 unspecified atom stereocenters. The van der Waals surface area contributed by atoms with Gasteiger partial charge in [0.1, 0.15) is 0 Å². The van der Waals surface area contributed by atoms with E-state index in [1.54, 1.807) is 12.3 Å². The molecule has 2 heterocycles. The van der Waals surface area contributed by atoms with Crippen LogP contribution in [-0.2, 0) is 11.3 Å². The monoisotopic (exact) mass is 374 g/mol. The van der Waals surface area contributed by atoms with E-state index in [1.165, 1.54) is 23.9 Å². The quantitative estimate of drug-likeness (QED) is 0.624. The molecule has 0 bridgehead atoms. The molecule has 9 heteroatoms. The van der Waals surface area contributed by atoms with Crippen LogP contribution in [0.2, 0.25) is 0 Å². The van der Waals surface area contributed by atoms with Crippen molar-refractivity contribution in [2.45, 2.75) is 38.0 Å². The Bertz CT molecular complexity index is 899. The van der Waals surface area contributed by atoms with Crippen molar-refractivity contribution < 1.29 is 14.6 Å². The van der Waals surface area contributed by atoms with Gasteiger partial charge in [-0.15, -0.1) is 0 Å². The van der Waals surface area contributed by atoms with Crippen molar-refractivity contribution >= 4 is 5.91 Å². The highest BCUT2D eigenvalue weighted by Gasteiger charge is 2.35. The summed E-state index contributed by atoms with van der Waals surface area (Å²) in [6, 6.07) is 4.53. The largest absolute Gasteiger partial charge is 0.481 e. The van der Waals surface area contributed by atoms with Gasteiger partial charge >= 0.3 is 5.69 Å². The Morgan fingerprint density at radius 2 is 2.19 bits per heavy atom. The van der Waals surface area contributed by atoms with Gasteiger partial charge in [0.15, 0.2) is 0 Å². The first-order valence-corrected chi connectivity index (χ1v) is 8.73. The molecule has 0 aromatic carbocycles. The van der Waals surface area contributed by atoms with E-state index in [1.807, 2.05) is 6.07 Å². The van der Waals surface area contributed by atoms with Crippen LogP contribution in [0.3, 0.4) is 0 Å². The molecule has 0 aliphatic heterocycles. The lowest BCUT2D eigenvalue weighted by Crippen LogP contribution is -2.42. The molecule has 3 rings (SSSR count). The lowest BCUT2D eigenvalue weighted by atomic mass is 9.75. The number of pyridine rings is 1. The van der Waals surface area contributed by atoms with Crippen LogP contribution in [0.25, 0.3) is 0 Å². The molecule has 1 atom stereocenters. The van der Waals surface area contributed by atoms with Crippen molar-refractivity contribution in [3.63, 3.8) is 0 Å². The Morgan fingerprint density at radius 3 is 2.78 bits per heavy atom. The zero-order valence-electron chi connectivity index (χ0n) is 14.9. The number of carbonyl (C=O) groups excluding carboxylic acids is 1. The molecule has 144 valence electrons. The highest BCUT2D eigenvalue weighted by molar-refractivity contribution is 5.76. The van der Waals surface area contributed by atoms with Gasteiger partial charge in [0.25, 0.3) is 5.56 Å². The van der Waals surface area contributed by atoms with Crippen LogP contribution >= 0.6 is 0 Å². The van der Waals surface area contributed by atoms with Gasteiger partial charge in [0.2, 0.25) is 11.8 Å². The maximum Gasteiger partial charge on any atom is 0.328 e. The smallest absolute Gasteiger partial charge is 0.328 e. The normalized spacial score (nSPS) is 19.8. The minimum atomic E-state index is -0.548. The summed E-state index contributed by atoms with van der Waals surface area (Å²) in [7, 11) is 1.53. The number of carbonyl (C=O) groups is 1. The average Bonchev–Trinajstić information content (AvgIpc) is 2.63. The number of nitrogens with one attached hydrogen (secondary N) is 2. The van der Waals surface area contributed by atoms with E-state index in [0.717, 1.165) is 5.56 Å². The number of aliphatic hydroxyl groups is 1. The van der Waals surface area contributed by atoms with Gasteiger partial charge in [0, 0.05) is 37.5 Å². The first-order chi connectivity index (χ1) is 13.0. The van der Waals surface area contributed by atoms with E-state index < -0.39 is 11.2 Å². The third-order valence-corrected chi connectivity index (χ3v) is 4.74. The topological polar surface area (TPSA) is 126 Å². The van der Waals surface area contributed by atoms with Crippen LogP contribution in [0.15, 0.2) is 40.2 Å². The Kier molecular flexibility index (Phi) is 5.70. The predicted molar refractivity (Wildman–Crippen MR) is 96.3 cm³/mol. The molecule has 1 aliphatic rings. The number of methoxy groups -OCH3 is 1. The zero-order valence-corrected chi connectivity index (χ0v) is 14.9. The third kappa shape index (κ3) is 4.62. The second kappa shape index (κ2) is 8.17. The first kappa shape index (κ1) is 18.8. The van der Waals surface area contributed by atoms with Gasteiger partial charge in [-0.2, -0.15) is 0 Å². The number of nitrogens with zero attached hydrogens (tertiary/aromatic N) is 2. The van der Waals surface area contributed by atoms with E-state index in [0.29, 0.717) is 18.7 Å². The van der Waals surface area contributed by atoms with Crippen LogP contribution in [0, 0.1) is 5.92 Å². The zero-order chi connectivity index (χ0) is 19.4. The lowest BCUT2D eigenvalue weighted by Gasteiger charge is -2.38. The molecular weight excluding hydrogens is 352 g/mol. The van der Waals surface area contributed by atoms with E-state index in [9.17, 15) is 19.5 Å². The van der Waals surface area contributed by atoms with Crippen molar-refractivity contribution in [2.24, 2.45) is 5.92 Å². The highest BCUT2D eigenvalue weighted by atomic mass is 16.5. The van der Waals surface area contributed by atoms with Crippen molar-refractivity contribution in [3.8, 4) is 5.88 Å². The Labute approximate surface area is 155 Å². The van der Waals surface area contributed by atoms with Gasteiger partial charge < -0.3 is 19.7 Å². The number of amides is 1. The summed E-state index contributed by atoms with van der Waals surface area (Å²) >= 11 is 0. The SMILES string of the molecule is COc1ccc([C@H](NC(=O)CCn2ccc(=O)[nH]c2=O)C2CC(O)C2)cn1. The molecule has 1 fully saturated rings. The van der Waals surface area contributed by atoms with E-state index in [4.69, 9.17) is 4.74 Å². The summed E-state index contributed by atoms with van der Waals surface area (Å²) in [6.07, 6.45) is 3.97. The number of aryl methyl sites for hydroxylation is 1. The maximum absolute atomic E-state index is 12.4. The lowest BCUT2D eigenvalue weighted by molar-refractivity contribution is -0.123. The minimum absolute atomic E-state index is 0.0846. The van der Waals surface area contributed by atoms with E-state index in [-0.39, 0.29) is 36.9 Å². The second-order valence-electron chi connectivity index (χ2n) is 6.62. The summed E-state index contributed by atoms with van der Waals surface area (Å²) in [5.41, 5.74) is -0.188. The molecule has 0 radical (unpaired) electrons. The average molecular weight is 374 g/mol. The van der Waals surface area contributed by atoms with Gasteiger partial charge in [-0.1, -0.05) is 6.07 Å².